The number of H-pyrrole nitrogens is 1. The first-order chi connectivity index (χ1) is 16.6. The molecule has 0 aliphatic carbocycles. The molecule has 5 N–H and O–H groups in total. The van der Waals surface area contributed by atoms with Gasteiger partial charge in [0.05, 0.1) is 11.6 Å². The molecule has 192 valence electrons. The molecule has 2 aromatic rings. The van der Waals surface area contributed by atoms with E-state index in [-0.39, 0.29) is 17.8 Å². The van der Waals surface area contributed by atoms with Gasteiger partial charge in [0.15, 0.2) is 0 Å². The van der Waals surface area contributed by atoms with E-state index in [9.17, 15) is 0 Å². The monoisotopic (exact) mass is 471 g/mol. The predicted octanol–water partition coefficient (Wildman–Crippen LogP) is 7.11. The molecule has 0 saturated heterocycles. The first-order valence-corrected chi connectivity index (χ1v) is 13.9. The molecule has 1 unspecified atom stereocenters. The van der Waals surface area contributed by atoms with Gasteiger partial charge in [-0.3, -0.25) is 0 Å². The van der Waals surface area contributed by atoms with Gasteiger partial charge in [-0.2, -0.15) is 15.0 Å². The van der Waals surface area contributed by atoms with Crippen LogP contribution in [0.15, 0.2) is 6.20 Å². The van der Waals surface area contributed by atoms with Crippen molar-refractivity contribution in [1.82, 2.24) is 24.9 Å². The van der Waals surface area contributed by atoms with Crippen LogP contribution in [-0.2, 0) is 6.42 Å². The van der Waals surface area contributed by atoms with Crippen LogP contribution in [0.25, 0.3) is 0 Å². The smallest absolute Gasteiger partial charge is 0.225 e. The highest BCUT2D eigenvalue weighted by Gasteiger charge is 2.20. The van der Waals surface area contributed by atoms with Crippen molar-refractivity contribution in [2.75, 3.05) is 11.5 Å². The van der Waals surface area contributed by atoms with Gasteiger partial charge in [0.1, 0.15) is 11.6 Å². The third kappa shape index (κ3) is 11.3. The van der Waals surface area contributed by atoms with E-state index in [1.165, 1.54) is 96.3 Å². The van der Waals surface area contributed by atoms with E-state index >= 15 is 0 Å². The van der Waals surface area contributed by atoms with Crippen LogP contribution in [0.3, 0.4) is 0 Å². The Bertz CT molecular complexity index is 754. The number of unbranched alkanes of at least 4 members (excludes halogenated alkanes) is 14. The quantitative estimate of drug-likeness (QED) is 0.177. The van der Waals surface area contributed by atoms with Crippen LogP contribution in [0.2, 0.25) is 0 Å². The number of aromatic amines is 1. The molecule has 7 heteroatoms. The third-order valence-corrected chi connectivity index (χ3v) is 6.60. The summed E-state index contributed by atoms with van der Waals surface area (Å²) in [6.45, 7) is 4.43. The number of aromatic nitrogens is 5. The Hall–Kier alpha value is -2.18. The lowest BCUT2D eigenvalue weighted by Gasteiger charge is -2.12. The number of nitrogen functional groups attached to an aromatic ring is 2. The van der Waals surface area contributed by atoms with Crippen LogP contribution in [-0.4, -0.2) is 24.9 Å². The van der Waals surface area contributed by atoms with Crippen molar-refractivity contribution in [1.29, 1.82) is 0 Å². The Morgan fingerprint density at radius 3 is 1.65 bits per heavy atom. The molecule has 0 amide bonds. The van der Waals surface area contributed by atoms with E-state index < -0.39 is 0 Å². The molecule has 2 aromatic heterocycles. The first-order valence-electron chi connectivity index (χ1n) is 13.9. The zero-order valence-electron chi connectivity index (χ0n) is 21.8. The van der Waals surface area contributed by atoms with Gasteiger partial charge >= 0.3 is 0 Å². The molecular formula is C27H49N7. The largest absolute Gasteiger partial charge is 0.368 e. The van der Waals surface area contributed by atoms with Crippen molar-refractivity contribution in [2.45, 2.75) is 135 Å². The number of nitrogens with zero attached hydrogens (tertiary/aromatic N) is 4. The lowest BCUT2D eigenvalue weighted by atomic mass is 9.99. The zero-order valence-corrected chi connectivity index (χ0v) is 21.8. The summed E-state index contributed by atoms with van der Waals surface area (Å²) in [5, 5.41) is 0. The van der Waals surface area contributed by atoms with E-state index in [4.69, 9.17) is 16.5 Å². The number of rotatable bonds is 20. The van der Waals surface area contributed by atoms with Crippen LogP contribution in [0.5, 0.6) is 0 Å². The molecule has 2 rings (SSSR count). The van der Waals surface area contributed by atoms with Crippen molar-refractivity contribution in [3.05, 3.63) is 23.5 Å². The standard InChI is InChI=1S/C27H49N7/c1-3-5-6-7-8-9-10-11-12-13-14-15-16-17-18-20-24-30-21-23(31-24)22(19-4-2)25-32-26(28)34-27(29)33-25/h21-22H,3-20H2,1-2H3,(H,30,31)(H4,28,29,32,33,34). The van der Waals surface area contributed by atoms with E-state index in [1.807, 2.05) is 6.20 Å². The van der Waals surface area contributed by atoms with Crippen molar-refractivity contribution in [3.63, 3.8) is 0 Å². The molecule has 0 aromatic carbocycles. The molecular weight excluding hydrogens is 422 g/mol. The maximum absolute atomic E-state index is 5.78. The van der Waals surface area contributed by atoms with Crippen LogP contribution < -0.4 is 11.5 Å². The summed E-state index contributed by atoms with van der Waals surface area (Å²) < 4.78 is 0. The van der Waals surface area contributed by atoms with Gasteiger partial charge in [-0.05, 0) is 12.8 Å². The third-order valence-electron chi connectivity index (χ3n) is 6.60. The first kappa shape index (κ1) is 28.1. The molecule has 2 heterocycles. The molecule has 7 nitrogen and oxygen atoms in total. The van der Waals surface area contributed by atoms with Crippen molar-refractivity contribution < 1.29 is 0 Å². The van der Waals surface area contributed by atoms with E-state index in [0.29, 0.717) is 5.82 Å². The fraction of sp³-hybridized carbons (Fsp3) is 0.778. The van der Waals surface area contributed by atoms with Crippen LogP contribution in [0.4, 0.5) is 11.9 Å². The minimum atomic E-state index is -0.0105. The van der Waals surface area contributed by atoms with Crippen LogP contribution in [0, 0.1) is 0 Å². The van der Waals surface area contributed by atoms with Gasteiger partial charge in [-0.15, -0.1) is 0 Å². The lowest BCUT2D eigenvalue weighted by molar-refractivity contribution is 0.531. The van der Waals surface area contributed by atoms with Crippen LogP contribution >= 0.6 is 0 Å². The number of nitrogens with one attached hydrogen (secondary N) is 1. The van der Waals surface area contributed by atoms with Gasteiger partial charge in [-0.1, -0.05) is 110 Å². The summed E-state index contributed by atoms with van der Waals surface area (Å²) in [5.74, 6) is 1.97. The van der Waals surface area contributed by atoms with Gasteiger partial charge in [0.25, 0.3) is 0 Å². The molecule has 34 heavy (non-hydrogen) atoms. The Morgan fingerprint density at radius 1 is 0.647 bits per heavy atom. The molecule has 0 bridgehead atoms. The number of anilines is 2. The summed E-state index contributed by atoms with van der Waals surface area (Å²) in [6.07, 6.45) is 25.6. The molecule has 0 spiro atoms. The molecule has 1 atom stereocenters. The highest BCUT2D eigenvalue weighted by atomic mass is 15.1. The predicted molar refractivity (Wildman–Crippen MR) is 143 cm³/mol. The number of hydrogen-bond donors (Lipinski definition) is 3. The SMILES string of the molecule is CCCCCCCCCCCCCCCCCc1nc(C(CCC)c2nc(N)nc(N)n2)c[nH]1. The minimum Gasteiger partial charge on any atom is -0.368 e. The van der Waals surface area contributed by atoms with E-state index in [2.05, 4.69) is 33.8 Å². The van der Waals surface area contributed by atoms with Gasteiger partial charge in [-0.25, -0.2) is 4.98 Å². The topological polar surface area (TPSA) is 119 Å². The van der Waals surface area contributed by atoms with E-state index in [1.54, 1.807) is 0 Å². The highest BCUT2D eigenvalue weighted by Crippen LogP contribution is 2.26. The Morgan fingerprint density at radius 2 is 1.15 bits per heavy atom. The molecule has 0 aliphatic rings. The zero-order chi connectivity index (χ0) is 24.4. The maximum atomic E-state index is 5.78. The second kappa shape index (κ2) is 17.3. The fourth-order valence-corrected chi connectivity index (χ4v) is 4.63. The van der Waals surface area contributed by atoms with Crippen LogP contribution in [0.1, 0.15) is 146 Å². The number of nitrogens with two attached hydrogens (primary N) is 2. The number of imidazole rings is 1. The molecule has 0 fully saturated rings. The van der Waals surface area contributed by atoms with Gasteiger partial charge in [0, 0.05) is 12.6 Å². The average molecular weight is 472 g/mol. The molecule has 0 aliphatic heterocycles. The number of hydrogen-bond acceptors (Lipinski definition) is 6. The fourth-order valence-electron chi connectivity index (χ4n) is 4.63. The van der Waals surface area contributed by atoms with Gasteiger partial charge < -0.3 is 16.5 Å². The summed E-state index contributed by atoms with van der Waals surface area (Å²) in [6, 6.07) is 0. The molecule has 0 saturated carbocycles. The van der Waals surface area contributed by atoms with Gasteiger partial charge in [0.2, 0.25) is 11.9 Å². The second-order valence-electron chi connectivity index (χ2n) is 9.72. The minimum absolute atomic E-state index is 0.0105. The molecule has 0 radical (unpaired) electrons. The van der Waals surface area contributed by atoms with Crippen molar-refractivity contribution in [2.24, 2.45) is 0 Å². The summed E-state index contributed by atoms with van der Waals surface area (Å²) in [7, 11) is 0. The maximum Gasteiger partial charge on any atom is 0.225 e. The lowest BCUT2D eigenvalue weighted by Crippen LogP contribution is -2.12. The highest BCUT2D eigenvalue weighted by molar-refractivity contribution is 5.29. The normalized spacial score (nSPS) is 12.3. The summed E-state index contributed by atoms with van der Waals surface area (Å²) >= 11 is 0. The summed E-state index contributed by atoms with van der Waals surface area (Å²) in [5.41, 5.74) is 12.5. The Labute approximate surface area is 207 Å². The Kier molecular flexibility index (Phi) is 14.3. The van der Waals surface area contributed by atoms with E-state index in [0.717, 1.165) is 30.8 Å². The van der Waals surface area contributed by atoms with Crippen molar-refractivity contribution in [3.8, 4) is 0 Å². The second-order valence-corrected chi connectivity index (χ2v) is 9.72. The summed E-state index contributed by atoms with van der Waals surface area (Å²) in [4.78, 5) is 20.7. The Balaban J connectivity index is 1.56. The average Bonchev–Trinajstić information content (AvgIpc) is 3.28. The number of aryl methyl sites for hydroxylation is 1. The van der Waals surface area contributed by atoms with Crippen molar-refractivity contribution >= 4 is 11.9 Å².